The van der Waals surface area contributed by atoms with E-state index in [1.807, 2.05) is 0 Å². The SMILES string of the molecule is COc1ccccc1NC(=O)C[C@@H]1C(=O)Nc2ccccc2N1C(=O)c1ccc(Cl)c(Cl)c1. The molecule has 1 atom stereocenters. The van der Waals surface area contributed by atoms with Crippen LogP contribution in [0.2, 0.25) is 10.0 Å². The largest absolute Gasteiger partial charge is 0.495 e. The molecule has 0 fully saturated rings. The first-order valence-electron chi connectivity index (χ1n) is 10.0. The number of methoxy groups -OCH3 is 1. The molecule has 0 aromatic heterocycles. The summed E-state index contributed by atoms with van der Waals surface area (Å²) >= 11 is 12.1. The summed E-state index contributed by atoms with van der Waals surface area (Å²) in [6.45, 7) is 0. The van der Waals surface area contributed by atoms with Gasteiger partial charge in [-0.3, -0.25) is 19.3 Å². The molecule has 168 valence electrons. The fraction of sp³-hybridized carbons (Fsp3) is 0.125. The quantitative estimate of drug-likeness (QED) is 0.534. The zero-order valence-electron chi connectivity index (χ0n) is 17.5. The summed E-state index contributed by atoms with van der Waals surface area (Å²) in [6, 6.07) is 17.2. The van der Waals surface area contributed by atoms with Crippen LogP contribution in [0.25, 0.3) is 0 Å². The lowest BCUT2D eigenvalue weighted by atomic mass is 10.0. The lowest BCUT2D eigenvalue weighted by Crippen LogP contribution is -2.52. The molecule has 1 aliphatic heterocycles. The van der Waals surface area contributed by atoms with Crippen molar-refractivity contribution in [3.63, 3.8) is 0 Å². The van der Waals surface area contributed by atoms with Crippen LogP contribution in [0.15, 0.2) is 66.7 Å². The van der Waals surface area contributed by atoms with Gasteiger partial charge in [0.15, 0.2) is 0 Å². The average Bonchev–Trinajstić information content (AvgIpc) is 2.81. The van der Waals surface area contributed by atoms with Gasteiger partial charge in [-0.1, -0.05) is 47.5 Å². The van der Waals surface area contributed by atoms with Crippen molar-refractivity contribution >= 4 is 58.0 Å². The van der Waals surface area contributed by atoms with Crippen LogP contribution in [0.4, 0.5) is 17.1 Å². The highest BCUT2D eigenvalue weighted by Crippen LogP contribution is 2.35. The minimum Gasteiger partial charge on any atom is -0.495 e. The lowest BCUT2D eigenvalue weighted by molar-refractivity contribution is -0.122. The van der Waals surface area contributed by atoms with Crippen molar-refractivity contribution < 1.29 is 19.1 Å². The Kier molecular flexibility index (Phi) is 6.53. The van der Waals surface area contributed by atoms with E-state index in [-0.39, 0.29) is 17.0 Å². The van der Waals surface area contributed by atoms with E-state index in [0.29, 0.717) is 27.8 Å². The summed E-state index contributed by atoms with van der Waals surface area (Å²) in [5, 5.41) is 6.04. The smallest absolute Gasteiger partial charge is 0.259 e. The van der Waals surface area contributed by atoms with Gasteiger partial charge in [-0.05, 0) is 42.5 Å². The molecule has 0 bridgehead atoms. The van der Waals surface area contributed by atoms with Crippen LogP contribution in [-0.4, -0.2) is 30.9 Å². The highest BCUT2D eigenvalue weighted by Gasteiger charge is 2.38. The molecule has 0 aliphatic carbocycles. The fourth-order valence-electron chi connectivity index (χ4n) is 3.62. The summed E-state index contributed by atoms with van der Waals surface area (Å²) < 4.78 is 5.26. The number of carbonyl (C=O) groups excluding carboxylic acids is 3. The highest BCUT2D eigenvalue weighted by atomic mass is 35.5. The van der Waals surface area contributed by atoms with E-state index >= 15 is 0 Å². The minimum absolute atomic E-state index is 0.211. The van der Waals surface area contributed by atoms with Gasteiger partial charge in [0.25, 0.3) is 5.91 Å². The number of benzene rings is 3. The fourth-order valence-corrected chi connectivity index (χ4v) is 3.92. The molecule has 33 heavy (non-hydrogen) atoms. The van der Waals surface area contributed by atoms with Gasteiger partial charge in [0.05, 0.1) is 40.6 Å². The van der Waals surface area contributed by atoms with Crippen LogP contribution in [0, 0.1) is 0 Å². The Morgan fingerprint density at radius 2 is 1.76 bits per heavy atom. The predicted octanol–water partition coefficient (Wildman–Crippen LogP) is 5.00. The number of para-hydroxylation sites is 4. The molecule has 0 saturated heterocycles. The average molecular weight is 484 g/mol. The zero-order chi connectivity index (χ0) is 23.5. The van der Waals surface area contributed by atoms with Gasteiger partial charge < -0.3 is 15.4 Å². The number of amides is 3. The number of nitrogens with one attached hydrogen (secondary N) is 2. The monoisotopic (exact) mass is 483 g/mol. The number of hydrogen-bond donors (Lipinski definition) is 2. The molecule has 1 heterocycles. The van der Waals surface area contributed by atoms with Crippen molar-refractivity contribution in [3.8, 4) is 5.75 Å². The van der Waals surface area contributed by atoms with Gasteiger partial charge in [-0.15, -0.1) is 0 Å². The topological polar surface area (TPSA) is 87.7 Å². The van der Waals surface area contributed by atoms with E-state index in [9.17, 15) is 14.4 Å². The van der Waals surface area contributed by atoms with Crippen molar-refractivity contribution in [2.75, 3.05) is 22.6 Å². The Bertz CT molecular complexity index is 1250. The first-order chi connectivity index (χ1) is 15.9. The van der Waals surface area contributed by atoms with Gasteiger partial charge in [0.2, 0.25) is 11.8 Å². The highest BCUT2D eigenvalue weighted by molar-refractivity contribution is 6.42. The third-order valence-electron chi connectivity index (χ3n) is 5.18. The third-order valence-corrected chi connectivity index (χ3v) is 5.92. The summed E-state index contributed by atoms with van der Waals surface area (Å²) in [5.41, 5.74) is 1.65. The number of rotatable bonds is 5. The van der Waals surface area contributed by atoms with E-state index < -0.39 is 23.8 Å². The summed E-state index contributed by atoms with van der Waals surface area (Å²) in [5.74, 6) is -0.928. The molecule has 0 radical (unpaired) electrons. The van der Waals surface area contributed by atoms with Gasteiger partial charge >= 0.3 is 0 Å². The van der Waals surface area contributed by atoms with Crippen molar-refractivity contribution in [1.29, 1.82) is 0 Å². The van der Waals surface area contributed by atoms with E-state index in [4.69, 9.17) is 27.9 Å². The van der Waals surface area contributed by atoms with Gasteiger partial charge in [-0.2, -0.15) is 0 Å². The second-order valence-corrected chi connectivity index (χ2v) is 8.09. The van der Waals surface area contributed by atoms with E-state index in [2.05, 4.69) is 10.6 Å². The lowest BCUT2D eigenvalue weighted by Gasteiger charge is -2.36. The summed E-state index contributed by atoms with van der Waals surface area (Å²) in [7, 11) is 1.49. The molecular formula is C24H19Cl2N3O4. The molecule has 0 unspecified atom stereocenters. The molecule has 4 rings (SSSR count). The molecule has 3 amide bonds. The van der Waals surface area contributed by atoms with Crippen molar-refractivity contribution in [3.05, 3.63) is 82.3 Å². The third kappa shape index (κ3) is 4.65. The maximum Gasteiger partial charge on any atom is 0.259 e. The molecule has 3 aromatic carbocycles. The first kappa shape index (κ1) is 22.6. The number of nitrogens with zero attached hydrogens (tertiary/aromatic N) is 1. The Labute approximate surface area is 200 Å². The second kappa shape index (κ2) is 9.52. The molecular weight excluding hydrogens is 465 g/mol. The van der Waals surface area contributed by atoms with E-state index in [1.54, 1.807) is 48.5 Å². The van der Waals surface area contributed by atoms with E-state index in [1.165, 1.54) is 30.2 Å². The molecule has 3 aromatic rings. The molecule has 0 saturated carbocycles. The standard InChI is InChI=1S/C24H19Cl2N3O4/c1-33-21-9-5-3-7-18(21)27-22(30)13-20-23(31)28-17-6-2-4-8-19(17)29(20)24(32)14-10-11-15(25)16(26)12-14/h2-12,20H,13H2,1H3,(H,27,30)(H,28,31)/t20-/m1/s1. The summed E-state index contributed by atoms with van der Waals surface area (Å²) in [4.78, 5) is 40.7. The zero-order valence-corrected chi connectivity index (χ0v) is 19.0. The van der Waals surface area contributed by atoms with Crippen molar-refractivity contribution in [2.24, 2.45) is 0 Å². The molecule has 9 heteroatoms. The van der Waals surface area contributed by atoms with Gasteiger partial charge in [-0.25, -0.2) is 0 Å². The maximum absolute atomic E-state index is 13.5. The van der Waals surface area contributed by atoms with Crippen LogP contribution in [-0.2, 0) is 9.59 Å². The number of carbonyl (C=O) groups is 3. The molecule has 1 aliphatic rings. The predicted molar refractivity (Wildman–Crippen MR) is 128 cm³/mol. The van der Waals surface area contributed by atoms with Gasteiger partial charge in [0, 0.05) is 5.56 Å². The number of halogens is 2. The minimum atomic E-state index is -1.09. The first-order valence-corrected chi connectivity index (χ1v) is 10.8. The summed E-state index contributed by atoms with van der Waals surface area (Å²) in [6.07, 6.45) is -0.273. The number of ether oxygens (including phenoxy) is 1. The molecule has 2 N–H and O–H groups in total. The van der Waals surface area contributed by atoms with Crippen molar-refractivity contribution in [2.45, 2.75) is 12.5 Å². The van der Waals surface area contributed by atoms with Crippen LogP contribution in [0.5, 0.6) is 5.75 Å². The Morgan fingerprint density at radius 3 is 2.52 bits per heavy atom. The van der Waals surface area contributed by atoms with Crippen LogP contribution in [0.3, 0.4) is 0 Å². The molecule has 0 spiro atoms. The van der Waals surface area contributed by atoms with Crippen molar-refractivity contribution in [1.82, 2.24) is 0 Å². The number of fused-ring (bicyclic) bond motifs is 1. The Hall–Kier alpha value is -3.55. The maximum atomic E-state index is 13.5. The number of hydrogen-bond acceptors (Lipinski definition) is 4. The Balaban J connectivity index is 1.67. The van der Waals surface area contributed by atoms with Crippen LogP contribution >= 0.6 is 23.2 Å². The Morgan fingerprint density at radius 1 is 1.03 bits per heavy atom. The second-order valence-electron chi connectivity index (χ2n) is 7.28. The van der Waals surface area contributed by atoms with Crippen LogP contribution in [0.1, 0.15) is 16.8 Å². The normalized spacial score (nSPS) is 14.8. The van der Waals surface area contributed by atoms with Gasteiger partial charge in [0.1, 0.15) is 11.8 Å². The number of anilines is 3. The van der Waals surface area contributed by atoms with Crippen LogP contribution < -0.4 is 20.3 Å². The van der Waals surface area contributed by atoms with E-state index in [0.717, 1.165) is 0 Å². The molecule has 7 nitrogen and oxygen atoms in total.